The SMILES string of the molecule is Cc1cccc(-c2ccc(Cl)cc2Cl)c1CN. The van der Waals surface area contributed by atoms with E-state index in [0.29, 0.717) is 16.6 Å². The van der Waals surface area contributed by atoms with Gasteiger partial charge in [0.1, 0.15) is 0 Å². The predicted molar refractivity (Wildman–Crippen MR) is 74.5 cm³/mol. The van der Waals surface area contributed by atoms with Crippen LogP contribution in [0.2, 0.25) is 10.0 Å². The molecule has 2 rings (SSSR count). The first-order valence-corrected chi connectivity index (χ1v) is 6.13. The molecular formula is C14H13Cl2N. The van der Waals surface area contributed by atoms with Crippen molar-refractivity contribution >= 4 is 23.2 Å². The fraction of sp³-hybridized carbons (Fsp3) is 0.143. The molecule has 0 unspecified atom stereocenters. The molecule has 0 fully saturated rings. The summed E-state index contributed by atoms with van der Waals surface area (Å²) < 4.78 is 0. The van der Waals surface area contributed by atoms with Crippen LogP contribution in [0.5, 0.6) is 0 Å². The fourth-order valence-electron chi connectivity index (χ4n) is 1.93. The number of rotatable bonds is 2. The van der Waals surface area contributed by atoms with Gasteiger partial charge in [-0.3, -0.25) is 0 Å². The van der Waals surface area contributed by atoms with Crippen molar-refractivity contribution in [2.75, 3.05) is 0 Å². The smallest absolute Gasteiger partial charge is 0.0499 e. The molecule has 0 atom stereocenters. The number of halogens is 2. The van der Waals surface area contributed by atoms with Crippen LogP contribution in [0.1, 0.15) is 11.1 Å². The summed E-state index contributed by atoms with van der Waals surface area (Å²) in [4.78, 5) is 0. The van der Waals surface area contributed by atoms with E-state index in [9.17, 15) is 0 Å². The summed E-state index contributed by atoms with van der Waals surface area (Å²) in [5.41, 5.74) is 10.1. The van der Waals surface area contributed by atoms with Crippen LogP contribution in [0.3, 0.4) is 0 Å². The van der Waals surface area contributed by atoms with Crippen LogP contribution in [-0.4, -0.2) is 0 Å². The van der Waals surface area contributed by atoms with Gasteiger partial charge in [-0.05, 0) is 35.7 Å². The Morgan fingerprint density at radius 3 is 2.47 bits per heavy atom. The van der Waals surface area contributed by atoms with E-state index in [1.807, 2.05) is 24.3 Å². The van der Waals surface area contributed by atoms with Gasteiger partial charge in [-0.1, -0.05) is 47.5 Å². The monoisotopic (exact) mass is 265 g/mol. The average Bonchev–Trinajstić information content (AvgIpc) is 2.29. The first-order valence-electron chi connectivity index (χ1n) is 5.37. The third kappa shape index (κ3) is 2.47. The second-order valence-electron chi connectivity index (χ2n) is 3.93. The van der Waals surface area contributed by atoms with Gasteiger partial charge < -0.3 is 5.73 Å². The first kappa shape index (κ1) is 12.4. The summed E-state index contributed by atoms with van der Waals surface area (Å²) in [6.07, 6.45) is 0. The van der Waals surface area contributed by atoms with E-state index in [-0.39, 0.29) is 0 Å². The minimum absolute atomic E-state index is 0.501. The zero-order chi connectivity index (χ0) is 12.4. The molecule has 0 aliphatic carbocycles. The molecule has 2 aromatic carbocycles. The quantitative estimate of drug-likeness (QED) is 0.855. The van der Waals surface area contributed by atoms with Crippen molar-refractivity contribution in [2.45, 2.75) is 13.5 Å². The van der Waals surface area contributed by atoms with Crippen LogP contribution in [-0.2, 0) is 6.54 Å². The van der Waals surface area contributed by atoms with Crippen LogP contribution < -0.4 is 5.73 Å². The lowest BCUT2D eigenvalue weighted by Crippen LogP contribution is -2.01. The van der Waals surface area contributed by atoms with Gasteiger partial charge in [0.05, 0.1) is 0 Å². The lowest BCUT2D eigenvalue weighted by molar-refractivity contribution is 1.05. The van der Waals surface area contributed by atoms with Crippen molar-refractivity contribution in [3.8, 4) is 11.1 Å². The zero-order valence-corrected chi connectivity index (χ0v) is 11.0. The van der Waals surface area contributed by atoms with Crippen LogP contribution in [0.25, 0.3) is 11.1 Å². The molecular weight excluding hydrogens is 253 g/mol. The number of hydrogen-bond donors (Lipinski definition) is 1. The lowest BCUT2D eigenvalue weighted by Gasteiger charge is -2.12. The molecule has 2 N–H and O–H groups in total. The highest BCUT2D eigenvalue weighted by atomic mass is 35.5. The van der Waals surface area contributed by atoms with Gasteiger partial charge in [0.2, 0.25) is 0 Å². The molecule has 0 amide bonds. The van der Waals surface area contributed by atoms with Gasteiger partial charge in [-0.2, -0.15) is 0 Å². The van der Waals surface area contributed by atoms with Crippen molar-refractivity contribution in [1.82, 2.24) is 0 Å². The standard InChI is InChI=1S/C14H13Cl2N/c1-9-3-2-4-11(13(9)8-17)12-6-5-10(15)7-14(12)16/h2-7H,8,17H2,1H3. The van der Waals surface area contributed by atoms with Gasteiger partial charge in [0.25, 0.3) is 0 Å². The minimum Gasteiger partial charge on any atom is -0.326 e. The molecule has 3 heteroatoms. The summed E-state index contributed by atoms with van der Waals surface area (Å²) in [5.74, 6) is 0. The number of benzene rings is 2. The highest BCUT2D eigenvalue weighted by Crippen LogP contribution is 2.33. The molecule has 0 bridgehead atoms. The lowest BCUT2D eigenvalue weighted by atomic mass is 9.96. The Bertz CT molecular complexity index is 550. The normalized spacial score (nSPS) is 10.6. The highest BCUT2D eigenvalue weighted by Gasteiger charge is 2.09. The van der Waals surface area contributed by atoms with E-state index in [4.69, 9.17) is 28.9 Å². The summed E-state index contributed by atoms with van der Waals surface area (Å²) in [7, 11) is 0. The van der Waals surface area contributed by atoms with E-state index < -0.39 is 0 Å². The van der Waals surface area contributed by atoms with Gasteiger partial charge in [-0.15, -0.1) is 0 Å². The molecule has 0 saturated heterocycles. The Morgan fingerprint density at radius 1 is 1.06 bits per heavy atom. The van der Waals surface area contributed by atoms with Crippen molar-refractivity contribution in [3.05, 3.63) is 57.6 Å². The third-order valence-corrected chi connectivity index (χ3v) is 3.38. The number of hydrogen-bond acceptors (Lipinski definition) is 1. The predicted octanol–water partition coefficient (Wildman–Crippen LogP) is 4.43. The van der Waals surface area contributed by atoms with Crippen molar-refractivity contribution in [1.29, 1.82) is 0 Å². The van der Waals surface area contributed by atoms with Crippen LogP contribution in [0, 0.1) is 6.92 Å². The number of nitrogens with two attached hydrogens (primary N) is 1. The third-order valence-electron chi connectivity index (χ3n) is 2.84. The fourth-order valence-corrected chi connectivity index (χ4v) is 2.44. The molecule has 88 valence electrons. The van der Waals surface area contributed by atoms with Gasteiger partial charge >= 0.3 is 0 Å². The van der Waals surface area contributed by atoms with E-state index >= 15 is 0 Å². The molecule has 0 aromatic heterocycles. The zero-order valence-electron chi connectivity index (χ0n) is 9.50. The molecule has 17 heavy (non-hydrogen) atoms. The molecule has 0 spiro atoms. The summed E-state index contributed by atoms with van der Waals surface area (Å²) in [5, 5.41) is 1.29. The van der Waals surface area contributed by atoms with Gasteiger partial charge in [0, 0.05) is 22.2 Å². The maximum atomic E-state index is 6.22. The Hall–Kier alpha value is -1.02. The summed E-state index contributed by atoms with van der Waals surface area (Å²) >= 11 is 12.1. The van der Waals surface area contributed by atoms with Gasteiger partial charge in [0.15, 0.2) is 0 Å². The van der Waals surface area contributed by atoms with E-state index in [1.54, 1.807) is 6.07 Å². The second-order valence-corrected chi connectivity index (χ2v) is 4.77. The average molecular weight is 266 g/mol. The Morgan fingerprint density at radius 2 is 1.82 bits per heavy atom. The summed E-state index contributed by atoms with van der Waals surface area (Å²) in [6.45, 7) is 2.55. The second kappa shape index (κ2) is 5.09. The van der Waals surface area contributed by atoms with Crippen molar-refractivity contribution in [2.24, 2.45) is 5.73 Å². The van der Waals surface area contributed by atoms with E-state index in [2.05, 4.69) is 13.0 Å². The topological polar surface area (TPSA) is 26.0 Å². The van der Waals surface area contributed by atoms with Gasteiger partial charge in [-0.25, -0.2) is 0 Å². The first-order chi connectivity index (χ1) is 8.13. The van der Waals surface area contributed by atoms with Crippen LogP contribution in [0.15, 0.2) is 36.4 Å². The summed E-state index contributed by atoms with van der Waals surface area (Å²) in [6, 6.07) is 11.6. The maximum Gasteiger partial charge on any atom is 0.0499 e. The Labute approximate surface area is 111 Å². The van der Waals surface area contributed by atoms with Crippen molar-refractivity contribution in [3.63, 3.8) is 0 Å². The molecule has 1 nitrogen and oxygen atoms in total. The largest absolute Gasteiger partial charge is 0.326 e. The van der Waals surface area contributed by atoms with E-state index in [0.717, 1.165) is 16.7 Å². The molecule has 2 aromatic rings. The van der Waals surface area contributed by atoms with Crippen molar-refractivity contribution < 1.29 is 0 Å². The highest BCUT2D eigenvalue weighted by molar-refractivity contribution is 6.36. The van der Waals surface area contributed by atoms with Crippen LogP contribution >= 0.6 is 23.2 Å². The maximum absolute atomic E-state index is 6.22. The molecule has 0 heterocycles. The number of aryl methyl sites for hydroxylation is 1. The molecule has 0 aliphatic rings. The Kier molecular flexibility index (Phi) is 3.72. The van der Waals surface area contributed by atoms with Crippen LogP contribution in [0.4, 0.5) is 0 Å². The molecule has 0 saturated carbocycles. The minimum atomic E-state index is 0.501. The Balaban J connectivity index is 2.64. The molecule has 0 aliphatic heterocycles. The van der Waals surface area contributed by atoms with E-state index in [1.165, 1.54) is 5.56 Å². The molecule has 0 radical (unpaired) electrons.